The molecule has 0 spiro atoms. The molecule has 140 valence electrons. The number of hydrogen-bond donors (Lipinski definition) is 0. The van der Waals surface area contributed by atoms with Crippen LogP contribution in [0.2, 0.25) is 0 Å². The SMILES string of the molecule is Cn1nc(C(=O)N2C[C@H](c3ccccc3)[C@H]3[C@@H]2C2CCN3CC2)ccc1=O. The van der Waals surface area contributed by atoms with E-state index in [0.29, 0.717) is 23.6 Å². The molecule has 1 aromatic heterocycles. The molecule has 6 heteroatoms. The summed E-state index contributed by atoms with van der Waals surface area (Å²) in [7, 11) is 1.59. The van der Waals surface area contributed by atoms with E-state index in [1.54, 1.807) is 13.1 Å². The average Bonchev–Trinajstić information content (AvgIpc) is 3.14. The molecule has 4 saturated heterocycles. The number of carbonyl (C=O) groups excluding carboxylic acids is 1. The number of carbonyl (C=O) groups is 1. The summed E-state index contributed by atoms with van der Waals surface area (Å²) < 4.78 is 1.24. The molecular formula is C21H24N4O2. The summed E-state index contributed by atoms with van der Waals surface area (Å²) in [5.74, 6) is 0.841. The van der Waals surface area contributed by atoms with Crippen LogP contribution in [0.4, 0.5) is 0 Å². The van der Waals surface area contributed by atoms with Gasteiger partial charge in [0.05, 0.1) is 6.04 Å². The zero-order chi connectivity index (χ0) is 18.5. The minimum Gasteiger partial charge on any atom is -0.332 e. The fourth-order valence-corrected chi connectivity index (χ4v) is 5.41. The lowest BCUT2D eigenvalue weighted by Gasteiger charge is -2.51. The lowest BCUT2D eigenvalue weighted by Crippen LogP contribution is -2.60. The molecule has 6 nitrogen and oxygen atoms in total. The van der Waals surface area contributed by atoms with E-state index in [1.807, 2.05) is 11.0 Å². The average molecular weight is 364 g/mol. The van der Waals surface area contributed by atoms with Crippen molar-refractivity contribution >= 4 is 5.91 Å². The minimum absolute atomic E-state index is 0.0484. The molecule has 0 unspecified atom stereocenters. The molecular weight excluding hydrogens is 340 g/mol. The number of piperidine rings is 3. The van der Waals surface area contributed by atoms with Gasteiger partial charge >= 0.3 is 0 Å². The number of rotatable bonds is 2. The maximum atomic E-state index is 13.3. The first-order chi connectivity index (χ1) is 13.1. The summed E-state index contributed by atoms with van der Waals surface area (Å²) in [6.45, 7) is 2.99. The molecule has 27 heavy (non-hydrogen) atoms. The molecule has 0 radical (unpaired) electrons. The molecule has 0 aliphatic carbocycles. The Kier molecular flexibility index (Phi) is 3.90. The van der Waals surface area contributed by atoms with Gasteiger partial charge in [-0.2, -0.15) is 5.10 Å². The third-order valence-corrected chi connectivity index (χ3v) is 6.66. The Morgan fingerprint density at radius 3 is 2.48 bits per heavy atom. The third kappa shape index (κ3) is 2.62. The highest BCUT2D eigenvalue weighted by Crippen LogP contribution is 2.46. The van der Waals surface area contributed by atoms with Gasteiger partial charge in [-0.3, -0.25) is 14.5 Å². The largest absolute Gasteiger partial charge is 0.332 e. The maximum Gasteiger partial charge on any atom is 0.274 e. The van der Waals surface area contributed by atoms with Crippen LogP contribution >= 0.6 is 0 Å². The van der Waals surface area contributed by atoms with Crippen molar-refractivity contribution in [1.29, 1.82) is 0 Å². The molecule has 4 fully saturated rings. The second-order valence-electron chi connectivity index (χ2n) is 8.01. The van der Waals surface area contributed by atoms with E-state index < -0.39 is 0 Å². The van der Waals surface area contributed by atoms with Crippen LogP contribution in [0.15, 0.2) is 47.3 Å². The summed E-state index contributed by atoms with van der Waals surface area (Å²) >= 11 is 0. The van der Waals surface area contributed by atoms with E-state index in [2.05, 4.69) is 34.3 Å². The topological polar surface area (TPSA) is 58.4 Å². The second-order valence-corrected chi connectivity index (χ2v) is 8.01. The lowest BCUT2D eigenvalue weighted by atomic mass is 9.75. The van der Waals surface area contributed by atoms with Crippen LogP contribution in [0.5, 0.6) is 0 Å². The standard InChI is InChI=1S/C21H24N4O2/c1-23-18(26)8-7-17(22-23)21(27)25-13-16(14-5-3-2-4-6-14)20-19(25)15-9-11-24(20)12-10-15/h2-8,15-16,19-20H,9-13H2,1H3/t16-,19+,20+/m1/s1. The van der Waals surface area contributed by atoms with E-state index in [9.17, 15) is 9.59 Å². The highest BCUT2D eigenvalue weighted by atomic mass is 16.2. The van der Waals surface area contributed by atoms with E-state index >= 15 is 0 Å². The van der Waals surface area contributed by atoms with E-state index in [4.69, 9.17) is 0 Å². The van der Waals surface area contributed by atoms with Gasteiger partial charge in [0, 0.05) is 31.6 Å². The zero-order valence-electron chi connectivity index (χ0n) is 15.5. The quantitative estimate of drug-likeness (QED) is 0.810. The molecule has 5 heterocycles. The molecule has 2 aromatic rings. The van der Waals surface area contributed by atoms with Crippen LogP contribution in [-0.4, -0.2) is 57.2 Å². The van der Waals surface area contributed by atoms with Crippen LogP contribution in [0.3, 0.4) is 0 Å². The molecule has 1 amide bonds. The van der Waals surface area contributed by atoms with Crippen molar-refractivity contribution in [1.82, 2.24) is 19.6 Å². The Balaban J connectivity index is 1.53. The van der Waals surface area contributed by atoms with Gasteiger partial charge in [-0.25, -0.2) is 4.68 Å². The van der Waals surface area contributed by atoms with Gasteiger partial charge < -0.3 is 4.90 Å². The Morgan fingerprint density at radius 1 is 1.04 bits per heavy atom. The maximum absolute atomic E-state index is 13.3. The Bertz CT molecular complexity index is 917. The Hall–Kier alpha value is -2.47. The van der Waals surface area contributed by atoms with Crippen molar-refractivity contribution in [2.45, 2.75) is 30.8 Å². The fraction of sp³-hybridized carbons (Fsp3) is 0.476. The summed E-state index contributed by atoms with van der Waals surface area (Å²) in [4.78, 5) is 29.6. The second kappa shape index (κ2) is 6.30. The van der Waals surface area contributed by atoms with E-state index in [0.717, 1.165) is 32.5 Å². The predicted octanol–water partition coefficient (Wildman–Crippen LogP) is 1.48. The van der Waals surface area contributed by atoms with E-state index in [-0.39, 0.29) is 17.5 Å². The van der Waals surface area contributed by atoms with Gasteiger partial charge in [0.25, 0.3) is 11.5 Å². The van der Waals surface area contributed by atoms with Crippen LogP contribution < -0.4 is 5.56 Å². The Morgan fingerprint density at radius 2 is 1.78 bits per heavy atom. The molecule has 4 aliphatic heterocycles. The summed E-state index contributed by atoms with van der Waals surface area (Å²) in [6.07, 6.45) is 2.32. The predicted molar refractivity (Wildman–Crippen MR) is 102 cm³/mol. The van der Waals surface area contributed by atoms with Crippen molar-refractivity contribution in [2.24, 2.45) is 13.0 Å². The van der Waals surface area contributed by atoms with Crippen molar-refractivity contribution in [2.75, 3.05) is 19.6 Å². The highest BCUT2D eigenvalue weighted by Gasteiger charge is 2.54. The van der Waals surface area contributed by atoms with Gasteiger partial charge in [0.15, 0.2) is 0 Å². The first kappa shape index (κ1) is 16.7. The molecule has 4 aliphatic rings. The van der Waals surface area contributed by atoms with Crippen molar-refractivity contribution in [3.05, 3.63) is 64.1 Å². The van der Waals surface area contributed by atoms with Crippen LogP contribution in [-0.2, 0) is 7.05 Å². The van der Waals surface area contributed by atoms with Crippen LogP contribution in [0, 0.1) is 5.92 Å². The number of benzene rings is 1. The number of aryl methyl sites for hydroxylation is 1. The van der Waals surface area contributed by atoms with E-state index in [1.165, 1.54) is 16.3 Å². The fourth-order valence-electron chi connectivity index (χ4n) is 5.41. The smallest absolute Gasteiger partial charge is 0.274 e. The number of likely N-dealkylation sites (tertiary alicyclic amines) is 1. The van der Waals surface area contributed by atoms with Gasteiger partial charge in [-0.05, 0) is 43.5 Å². The van der Waals surface area contributed by atoms with Gasteiger partial charge in [0.1, 0.15) is 5.69 Å². The number of aromatic nitrogens is 2. The normalized spacial score (nSPS) is 31.7. The number of fused-ring (bicyclic) bond motifs is 2. The Labute approximate surface area is 158 Å². The first-order valence-electron chi connectivity index (χ1n) is 9.78. The lowest BCUT2D eigenvalue weighted by molar-refractivity contribution is -0.00364. The molecule has 1 aromatic carbocycles. The molecule has 0 N–H and O–H groups in total. The van der Waals surface area contributed by atoms with Gasteiger partial charge in [-0.1, -0.05) is 30.3 Å². The van der Waals surface area contributed by atoms with Gasteiger partial charge in [-0.15, -0.1) is 0 Å². The zero-order valence-corrected chi connectivity index (χ0v) is 15.5. The molecule has 0 saturated carbocycles. The molecule has 6 rings (SSSR count). The van der Waals surface area contributed by atoms with Crippen molar-refractivity contribution in [3.8, 4) is 0 Å². The summed E-state index contributed by atoms with van der Waals surface area (Å²) in [5, 5.41) is 4.21. The monoisotopic (exact) mass is 364 g/mol. The third-order valence-electron chi connectivity index (χ3n) is 6.66. The highest BCUT2D eigenvalue weighted by molar-refractivity contribution is 5.92. The molecule has 2 bridgehead atoms. The van der Waals surface area contributed by atoms with Crippen LogP contribution in [0.1, 0.15) is 34.8 Å². The van der Waals surface area contributed by atoms with Crippen molar-refractivity contribution in [3.63, 3.8) is 0 Å². The summed E-state index contributed by atoms with van der Waals surface area (Å²) in [5.41, 5.74) is 1.47. The number of nitrogens with zero attached hydrogens (tertiary/aromatic N) is 4. The van der Waals surface area contributed by atoms with Crippen LogP contribution in [0.25, 0.3) is 0 Å². The summed E-state index contributed by atoms with van der Waals surface area (Å²) in [6, 6.07) is 14.2. The van der Waals surface area contributed by atoms with Gasteiger partial charge in [0.2, 0.25) is 0 Å². The molecule has 3 atom stereocenters. The minimum atomic E-state index is -0.198. The first-order valence-corrected chi connectivity index (χ1v) is 9.78. The number of hydrogen-bond acceptors (Lipinski definition) is 4. The van der Waals surface area contributed by atoms with Crippen molar-refractivity contribution < 1.29 is 4.79 Å². The number of amides is 1.